The number of carbonyl (C=O) groups is 1. The van der Waals surface area contributed by atoms with Gasteiger partial charge in [0.15, 0.2) is 0 Å². The molecule has 0 unspecified atom stereocenters. The van der Waals surface area contributed by atoms with Crippen molar-refractivity contribution in [3.05, 3.63) is 0 Å². The molecule has 0 aromatic heterocycles. The lowest BCUT2D eigenvalue weighted by molar-refractivity contribution is -0.138. The highest BCUT2D eigenvalue weighted by Gasteiger charge is 1.99. The summed E-state index contributed by atoms with van der Waals surface area (Å²) in [6, 6.07) is -0.569. The van der Waals surface area contributed by atoms with Crippen LogP contribution >= 0.6 is 24.8 Å². The molecular weight excluding hydrogens is 217 g/mol. The van der Waals surface area contributed by atoms with Gasteiger partial charge in [0.25, 0.3) is 0 Å². The maximum Gasteiger partial charge on any atom is 0.320 e. The Balaban J connectivity index is -0.0000000546. The topological polar surface area (TPSA) is 115 Å². The molecule has 0 aromatic rings. The monoisotopic (exact) mass is 235 g/mol. The van der Waals surface area contributed by atoms with Crippen molar-refractivity contribution in [3.8, 4) is 0 Å². The second-order valence-corrected chi connectivity index (χ2v) is 2.34. The standard InChI is InChI=1S/C3H10N2.C3H7NO2.2ClH/c1-3(5)2-4;1-2(4)3(5)6;;/h3H,2,4-5H2,1H3;2H,4H2,1H3,(H,5,6);2*1H/t3-;2-;;/m00../s1. The Hall–Kier alpha value is -0.0700. The van der Waals surface area contributed by atoms with Gasteiger partial charge < -0.3 is 22.3 Å². The smallest absolute Gasteiger partial charge is 0.320 e. The Bertz CT molecular complexity index is 112. The maximum absolute atomic E-state index is 9.57. The van der Waals surface area contributed by atoms with Gasteiger partial charge in [-0.25, -0.2) is 0 Å². The molecular formula is C6H19Cl2N3O2. The summed E-state index contributed by atoms with van der Waals surface area (Å²) in [7, 11) is 0. The minimum atomic E-state index is -0.963. The third-order valence-corrected chi connectivity index (χ3v) is 0.761. The van der Waals surface area contributed by atoms with Crippen LogP contribution in [0, 0.1) is 0 Å². The summed E-state index contributed by atoms with van der Waals surface area (Å²) in [6.45, 7) is 3.88. The van der Waals surface area contributed by atoms with Crippen molar-refractivity contribution in [1.82, 2.24) is 0 Å². The Morgan fingerprint density at radius 2 is 1.46 bits per heavy atom. The van der Waals surface area contributed by atoms with Crippen LogP contribution in [0.3, 0.4) is 0 Å². The summed E-state index contributed by atoms with van der Waals surface area (Å²) >= 11 is 0. The average Bonchev–Trinajstić information content (AvgIpc) is 1.89. The highest BCUT2D eigenvalue weighted by molar-refractivity contribution is 5.85. The normalized spacial score (nSPS) is 12.1. The number of rotatable bonds is 2. The zero-order valence-corrected chi connectivity index (χ0v) is 9.40. The van der Waals surface area contributed by atoms with E-state index in [0.29, 0.717) is 6.54 Å². The minimum Gasteiger partial charge on any atom is -0.480 e. The van der Waals surface area contributed by atoms with Gasteiger partial charge in [0.2, 0.25) is 0 Å². The largest absolute Gasteiger partial charge is 0.480 e. The first-order valence-electron chi connectivity index (χ1n) is 3.35. The molecule has 0 fully saturated rings. The molecule has 0 saturated heterocycles. The molecule has 7 heteroatoms. The fraction of sp³-hybridized carbons (Fsp3) is 0.833. The van der Waals surface area contributed by atoms with Crippen molar-refractivity contribution >= 4 is 30.8 Å². The summed E-state index contributed by atoms with van der Waals surface area (Å²) in [6.07, 6.45) is 0. The molecule has 7 N–H and O–H groups in total. The Morgan fingerprint density at radius 1 is 1.31 bits per heavy atom. The molecule has 0 saturated carbocycles. The first kappa shape index (κ1) is 23.1. The molecule has 84 valence electrons. The number of carboxylic acids is 1. The first-order valence-corrected chi connectivity index (χ1v) is 3.35. The van der Waals surface area contributed by atoms with Gasteiger partial charge in [-0.2, -0.15) is 0 Å². The van der Waals surface area contributed by atoms with Gasteiger partial charge in [0.05, 0.1) is 0 Å². The predicted molar refractivity (Wildman–Crippen MR) is 58.5 cm³/mol. The van der Waals surface area contributed by atoms with Gasteiger partial charge in [-0.05, 0) is 13.8 Å². The highest BCUT2D eigenvalue weighted by Crippen LogP contribution is 1.68. The number of hydrogen-bond donors (Lipinski definition) is 4. The van der Waals surface area contributed by atoms with E-state index in [4.69, 9.17) is 22.3 Å². The van der Waals surface area contributed by atoms with E-state index in [1.54, 1.807) is 0 Å². The summed E-state index contributed by atoms with van der Waals surface area (Å²) in [5.41, 5.74) is 15.0. The zero-order valence-electron chi connectivity index (χ0n) is 7.77. The van der Waals surface area contributed by atoms with Crippen molar-refractivity contribution in [3.63, 3.8) is 0 Å². The predicted octanol–water partition coefficient (Wildman–Crippen LogP) is -0.446. The summed E-state index contributed by atoms with van der Waals surface area (Å²) in [4.78, 5) is 9.57. The maximum atomic E-state index is 9.57. The third kappa shape index (κ3) is 33.5. The van der Waals surface area contributed by atoms with E-state index in [1.165, 1.54) is 6.92 Å². The molecule has 0 bridgehead atoms. The molecule has 0 rings (SSSR count). The summed E-state index contributed by atoms with van der Waals surface area (Å²) in [5, 5.41) is 7.87. The Morgan fingerprint density at radius 3 is 1.46 bits per heavy atom. The van der Waals surface area contributed by atoms with Crippen molar-refractivity contribution in [2.24, 2.45) is 17.2 Å². The van der Waals surface area contributed by atoms with Crippen LogP contribution in [-0.4, -0.2) is 29.7 Å². The van der Waals surface area contributed by atoms with Gasteiger partial charge in [-0.3, -0.25) is 4.79 Å². The lowest BCUT2D eigenvalue weighted by Gasteiger charge is -1.92. The molecule has 0 spiro atoms. The van der Waals surface area contributed by atoms with E-state index >= 15 is 0 Å². The molecule has 2 atom stereocenters. The van der Waals surface area contributed by atoms with E-state index in [2.05, 4.69) is 0 Å². The fourth-order valence-corrected chi connectivity index (χ4v) is 0. The SMILES string of the molecule is C[C@H](N)C(=O)O.C[C@H](N)CN.Cl.Cl. The number of hydrogen-bond acceptors (Lipinski definition) is 4. The van der Waals surface area contributed by atoms with Gasteiger partial charge in [-0.1, -0.05) is 0 Å². The fourth-order valence-electron chi connectivity index (χ4n) is 0. The Labute approximate surface area is 90.9 Å². The van der Waals surface area contributed by atoms with Crippen molar-refractivity contribution < 1.29 is 9.90 Å². The Kier molecular flexibility index (Phi) is 25.7. The van der Waals surface area contributed by atoms with Crippen LogP contribution in [0.25, 0.3) is 0 Å². The average molecular weight is 236 g/mol. The quantitative estimate of drug-likeness (QED) is 0.518. The van der Waals surface area contributed by atoms with Crippen LogP contribution in [0.1, 0.15) is 13.8 Å². The van der Waals surface area contributed by atoms with E-state index < -0.39 is 12.0 Å². The van der Waals surface area contributed by atoms with Crippen molar-refractivity contribution in [1.29, 1.82) is 0 Å². The molecule has 0 amide bonds. The molecule has 5 nitrogen and oxygen atoms in total. The second-order valence-electron chi connectivity index (χ2n) is 2.34. The molecule has 0 heterocycles. The molecule has 0 radical (unpaired) electrons. The summed E-state index contributed by atoms with van der Waals surface area (Å²) in [5.74, 6) is -0.963. The molecule has 0 aliphatic rings. The van der Waals surface area contributed by atoms with E-state index in [0.717, 1.165) is 0 Å². The van der Waals surface area contributed by atoms with Gasteiger partial charge >= 0.3 is 5.97 Å². The van der Waals surface area contributed by atoms with Crippen LogP contribution in [0.15, 0.2) is 0 Å². The van der Waals surface area contributed by atoms with Gasteiger partial charge in [-0.15, -0.1) is 24.8 Å². The lowest BCUT2D eigenvalue weighted by atomic mass is 10.4. The van der Waals surface area contributed by atoms with Crippen LogP contribution < -0.4 is 17.2 Å². The van der Waals surface area contributed by atoms with Crippen LogP contribution in [0.4, 0.5) is 0 Å². The number of carboxylic acid groups (broad SMARTS) is 1. The zero-order chi connectivity index (χ0) is 9.44. The highest BCUT2D eigenvalue weighted by atomic mass is 35.5. The molecule has 0 aliphatic heterocycles. The molecule has 13 heavy (non-hydrogen) atoms. The lowest BCUT2D eigenvalue weighted by Crippen LogP contribution is -2.25. The molecule has 0 aliphatic carbocycles. The number of aliphatic carboxylic acids is 1. The second kappa shape index (κ2) is 14.5. The van der Waals surface area contributed by atoms with E-state index in [9.17, 15) is 4.79 Å². The number of halogens is 2. The minimum absolute atomic E-state index is 0. The molecule has 0 aromatic carbocycles. The van der Waals surface area contributed by atoms with E-state index in [-0.39, 0.29) is 30.9 Å². The van der Waals surface area contributed by atoms with E-state index in [1.807, 2.05) is 6.92 Å². The van der Waals surface area contributed by atoms with Crippen molar-refractivity contribution in [2.75, 3.05) is 6.54 Å². The number of nitrogens with two attached hydrogens (primary N) is 3. The van der Waals surface area contributed by atoms with Gasteiger partial charge in [0.1, 0.15) is 6.04 Å². The first-order chi connectivity index (χ1) is 4.91. The summed E-state index contributed by atoms with van der Waals surface area (Å²) < 4.78 is 0. The van der Waals surface area contributed by atoms with Crippen LogP contribution in [-0.2, 0) is 4.79 Å². The van der Waals surface area contributed by atoms with Crippen LogP contribution in [0.2, 0.25) is 0 Å². The van der Waals surface area contributed by atoms with Crippen LogP contribution in [0.5, 0.6) is 0 Å². The van der Waals surface area contributed by atoms with Crippen molar-refractivity contribution in [2.45, 2.75) is 25.9 Å². The van der Waals surface area contributed by atoms with Gasteiger partial charge in [0, 0.05) is 12.6 Å². The third-order valence-electron chi connectivity index (χ3n) is 0.761.